The lowest BCUT2D eigenvalue weighted by Crippen LogP contribution is -2.43. The number of hydrogen-bond donors (Lipinski definition) is 1. The molecule has 1 N–H and O–H groups in total. The third-order valence-electron chi connectivity index (χ3n) is 5.35. The number of anilines is 1. The summed E-state index contributed by atoms with van der Waals surface area (Å²) in [5, 5.41) is 3.28. The summed E-state index contributed by atoms with van der Waals surface area (Å²) < 4.78 is 38.5. The number of rotatable bonds is 4. The third kappa shape index (κ3) is 4.26. The molecule has 0 spiro atoms. The molecule has 1 fully saturated rings. The highest BCUT2D eigenvalue weighted by atomic mass is 35.5. The van der Waals surface area contributed by atoms with Crippen LogP contribution in [-0.4, -0.2) is 44.9 Å². The van der Waals surface area contributed by atoms with Gasteiger partial charge in [-0.15, -0.1) is 0 Å². The van der Waals surface area contributed by atoms with Gasteiger partial charge in [-0.25, -0.2) is 8.42 Å². The summed E-state index contributed by atoms with van der Waals surface area (Å²) in [6.45, 7) is 3.28. The fourth-order valence-corrected chi connectivity index (χ4v) is 5.42. The van der Waals surface area contributed by atoms with Crippen LogP contribution in [-0.2, 0) is 14.8 Å². The molecule has 0 bridgehead atoms. The Kier molecular flexibility index (Phi) is 5.90. The SMILES string of the molecule is Cc1ccc(S(=O)(=O)N2CCCC(C(=O)Nc3ccc4c(c3)OCCO4)C2)cc1Cl. The molecule has 2 aromatic rings. The lowest BCUT2D eigenvalue weighted by atomic mass is 9.98. The van der Waals surface area contributed by atoms with Gasteiger partial charge in [0.15, 0.2) is 11.5 Å². The normalized spacial score (nSPS) is 19.3. The summed E-state index contributed by atoms with van der Waals surface area (Å²) in [5.74, 6) is 0.574. The van der Waals surface area contributed by atoms with E-state index in [1.807, 2.05) is 6.92 Å². The number of fused-ring (bicyclic) bond motifs is 1. The van der Waals surface area contributed by atoms with Crippen LogP contribution in [0.15, 0.2) is 41.3 Å². The van der Waals surface area contributed by atoms with Crippen molar-refractivity contribution in [3.63, 3.8) is 0 Å². The second-order valence-corrected chi connectivity index (χ2v) is 9.81. The Bertz CT molecular complexity index is 1070. The molecule has 1 atom stereocenters. The number of hydrogen-bond acceptors (Lipinski definition) is 5. The van der Waals surface area contributed by atoms with Crippen LogP contribution in [0.5, 0.6) is 11.5 Å². The first-order chi connectivity index (χ1) is 14.3. The van der Waals surface area contributed by atoms with Gasteiger partial charge in [0.05, 0.1) is 10.8 Å². The van der Waals surface area contributed by atoms with Crippen molar-refractivity contribution >= 4 is 33.2 Å². The van der Waals surface area contributed by atoms with Crippen molar-refractivity contribution in [2.75, 3.05) is 31.6 Å². The van der Waals surface area contributed by atoms with E-state index in [-0.39, 0.29) is 17.3 Å². The summed E-state index contributed by atoms with van der Waals surface area (Å²) in [7, 11) is -3.72. The molecule has 4 rings (SSSR count). The van der Waals surface area contributed by atoms with Gasteiger partial charge in [-0.3, -0.25) is 4.79 Å². The first-order valence-electron chi connectivity index (χ1n) is 9.81. The first-order valence-corrected chi connectivity index (χ1v) is 11.6. The van der Waals surface area contributed by atoms with Crippen LogP contribution in [0.4, 0.5) is 5.69 Å². The van der Waals surface area contributed by atoms with Gasteiger partial charge in [-0.1, -0.05) is 17.7 Å². The molecule has 0 aliphatic carbocycles. The van der Waals surface area contributed by atoms with Crippen LogP contribution >= 0.6 is 11.6 Å². The molecule has 9 heteroatoms. The second kappa shape index (κ2) is 8.45. The maximum Gasteiger partial charge on any atom is 0.243 e. The van der Waals surface area contributed by atoms with Gasteiger partial charge >= 0.3 is 0 Å². The van der Waals surface area contributed by atoms with E-state index in [0.29, 0.717) is 54.8 Å². The number of benzene rings is 2. The van der Waals surface area contributed by atoms with Gasteiger partial charge in [0.1, 0.15) is 13.2 Å². The number of carbonyl (C=O) groups excluding carboxylic acids is 1. The predicted octanol–water partition coefficient (Wildman–Crippen LogP) is 3.46. The molecule has 30 heavy (non-hydrogen) atoms. The molecule has 2 aromatic carbocycles. The molecular formula is C21H23ClN2O5S. The molecule has 1 unspecified atom stereocenters. The Morgan fingerprint density at radius 1 is 1.13 bits per heavy atom. The second-order valence-electron chi connectivity index (χ2n) is 7.46. The highest BCUT2D eigenvalue weighted by molar-refractivity contribution is 7.89. The smallest absolute Gasteiger partial charge is 0.243 e. The highest BCUT2D eigenvalue weighted by Gasteiger charge is 2.33. The van der Waals surface area contributed by atoms with Crippen molar-refractivity contribution in [3.05, 3.63) is 47.0 Å². The van der Waals surface area contributed by atoms with Crippen LogP contribution in [0.3, 0.4) is 0 Å². The van der Waals surface area contributed by atoms with Crippen molar-refractivity contribution in [2.24, 2.45) is 5.92 Å². The Morgan fingerprint density at radius 3 is 2.67 bits per heavy atom. The van der Waals surface area contributed by atoms with Gasteiger partial charge in [0, 0.05) is 29.9 Å². The zero-order valence-electron chi connectivity index (χ0n) is 16.6. The van der Waals surface area contributed by atoms with Gasteiger partial charge in [-0.05, 0) is 49.6 Å². The minimum atomic E-state index is -3.72. The molecule has 0 aromatic heterocycles. The maximum absolute atomic E-state index is 13.0. The van der Waals surface area contributed by atoms with Crippen molar-refractivity contribution in [2.45, 2.75) is 24.7 Å². The largest absolute Gasteiger partial charge is 0.486 e. The molecule has 0 radical (unpaired) electrons. The molecule has 2 aliphatic rings. The molecule has 1 amide bonds. The Balaban J connectivity index is 1.46. The van der Waals surface area contributed by atoms with E-state index < -0.39 is 15.9 Å². The predicted molar refractivity (Wildman–Crippen MR) is 114 cm³/mol. The maximum atomic E-state index is 13.0. The Hall–Kier alpha value is -2.29. The van der Waals surface area contributed by atoms with E-state index in [1.54, 1.807) is 30.3 Å². The summed E-state index contributed by atoms with van der Waals surface area (Å²) in [6.07, 6.45) is 1.23. The molecule has 0 saturated carbocycles. The molecule has 2 heterocycles. The van der Waals surface area contributed by atoms with E-state index in [0.717, 1.165) is 5.56 Å². The van der Waals surface area contributed by atoms with Gasteiger partial charge in [-0.2, -0.15) is 4.31 Å². The standard InChI is InChI=1S/C21H23ClN2O5S/c1-14-4-6-17(12-18(14)22)30(26,27)24-8-2-3-15(13-24)21(25)23-16-5-7-19-20(11-16)29-10-9-28-19/h4-7,11-12,15H,2-3,8-10,13H2,1H3,(H,23,25). The monoisotopic (exact) mass is 450 g/mol. The average molecular weight is 451 g/mol. The van der Waals surface area contributed by atoms with Crippen LogP contribution < -0.4 is 14.8 Å². The summed E-state index contributed by atoms with van der Waals surface area (Å²) in [5.41, 5.74) is 1.40. The minimum Gasteiger partial charge on any atom is -0.486 e. The average Bonchev–Trinajstić information content (AvgIpc) is 2.75. The van der Waals surface area contributed by atoms with Gasteiger partial charge < -0.3 is 14.8 Å². The molecule has 7 nitrogen and oxygen atoms in total. The van der Waals surface area contributed by atoms with Crippen molar-refractivity contribution in [1.82, 2.24) is 4.31 Å². The molecule has 160 valence electrons. The Morgan fingerprint density at radius 2 is 1.90 bits per heavy atom. The number of sulfonamides is 1. The highest BCUT2D eigenvalue weighted by Crippen LogP contribution is 2.33. The zero-order valence-corrected chi connectivity index (χ0v) is 18.1. The summed E-state index contributed by atoms with van der Waals surface area (Å²) >= 11 is 6.11. The molecule has 1 saturated heterocycles. The van der Waals surface area contributed by atoms with Crippen LogP contribution in [0.2, 0.25) is 5.02 Å². The minimum absolute atomic E-state index is 0.129. The lowest BCUT2D eigenvalue weighted by molar-refractivity contribution is -0.120. The van der Waals surface area contributed by atoms with Gasteiger partial charge in [0.25, 0.3) is 0 Å². The van der Waals surface area contributed by atoms with E-state index in [2.05, 4.69) is 5.32 Å². The van der Waals surface area contributed by atoms with E-state index in [4.69, 9.17) is 21.1 Å². The number of carbonyl (C=O) groups is 1. The number of piperidine rings is 1. The summed E-state index contributed by atoms with van der Waals surface area (Å²) in [6, 6.07) is 9.92. The fourth-order valence-electron chi connectivity index (χ4n) is 3.62. The number of halogens is 1. The molecule has 2 aliphatic heterocycles. The summed E-state index contributed by atoms with van der Waals surface area (Å²) in [4.78, 5) is 13.0. The van der Waals surface area contributed by atoms with Crippen molar-refractivity contribution in [3.8, 4) is 11.5 Å². The van der Waals surface area contributed by atoms with Crippen LogP contribution in [0.1, 0.15) is 18.4 Å². The number of amides is 1. The molecular weight excluding hydrogens is 428 g/mol. The number of nitrogens with one attached hydrogen (secondary N) is 1. The van der Waals surface area contributed by atoms with Gasteiger partial charge in [0.2, 0.25) is 15.9 Å². The quantitative estimate of drug-likeness (QED) is 0.771. The number of nitrogens with zero attached hydrogens (tertiary/aromatic N) is 1. The number of aryl methyl sites for hydroxylation is 1. The van der Waals surface area contributed by atoms with Crippen molar-refractivity contribution in [1.29, 1.82) is 0 Å². The van der Waals surface area contributed by atoms with E-state index >= 15 is 0 Å². The fraction of sp³-hybridized carbons (Fsp3) is 0.381. The van der Waals surface area contributed by atoms with Crippen LogP contribution in [0, 0.1) is 12.8 Å². The first kappa shape index (κ1) is 21.0. The zero-order chi connectivity index (χ0) is 21.3. The topological polar surface area (TPSA) is 84.9 Å². The van der Waals surface area contributed by atoms with Crippen LogP contribution in [0.25, 0.3) is 0 Å². The number of ether oxygens (including phenoxy) is 2. The lowest BCUT2D eigenvalue weighted by Gasteiger charge is -2.31. The van der Waals surface area contributed by atoms with E-state index in [9.17, 15) is 13.2 Å². The third-order valence-corrected chi connectivity index (χ3v) is 7.61. The van der Waals surface area contributed by atoms with E-state index in [1.165, 1.54) is 10.4 Å². The van der Waals surface area contributed by atoms with Crippen molar-refractivity contribution < 1.29 is 22.7 Å². The Labute approximate surface area is 181 Å².